The molecular weight excluding hydrogens is 323 g/mol. The van der Waals surface area contributed by atoms with Crippen molar-refractivity contribution in [3.63, 3.8) is 0 Å². The van der Waals surface area contributed by atoms with Crippen molar-refractivity contribution in [1.29, 1.82) is 0 Å². The molecule has 0 aromatic carbocycles. The minimum Gasteiger partial charge on any atom is -0.370 e. The van der Waals surface area contributed by atoms with Crippen molar-refractivity contribution in [2.24, 2.45) is 10.7 Å². The van der Waals surface area contributed by atoms with E-state index in [1.165, 1.54) is 4.88 Å². The predicted molar refractivity (Wildman–Crippen MR) is 75.9 cm³/mol. The van der Waals surface area contributed by atoms with Crippen LogP contribution in [-0.2, 0) is 6.54 Å². The molecule has 0 aliphatic carbocycles. The van der Waals surface area contributed by atoms with Crippen LogP contribution in [0, 0.1) is 6.92 Å². The molecule has 1 heterocycles. The highest BCUT2D eigenvalue weighted by Crippen LogP contribution is 2.11. The molecule has 0 atom stereocenters. The number of aryl methyl sites for hydroxylation is 1. The van der Waals surface area contributed by atoms with Gasteiger partial charge in [-0.2, -0.15) is 0 Å². The van der Waals surface area contributed by atoms with Gasteiger partial charge in [0, 0.05) is 17.1 Å². The van der Waals surface area contributed by atoms with Gasteiger partial charge in [-0.1, -0.05) is 0 Å². The van der Waals surface area contributed by atoms with Gasteiger partial charge in [-0.25, -0.2) is 9.98 Å². The van der Waals surface area contributed by atoms with Crippen LogP contribution in [0.25, 0.3) is 0 Å². The second-order valence-corrected chi connectivity index (χ2v) is 4.68. The van der Waals surface area contributed by atoms with Crippen LogP contribution in [0.15, 0.2) is 11.2 Å². The number of nitrogens with zero attached hydrogens (tertiary/aromatic N) is 2. The lowest BCUT2D eigenvalue weighted by Gasteiger charge is -2.07. The molecule has 0 aliphatic heterocycles. The fraction of sp³-hybridized carbons (Fsp3) is 0.556. The molecule has 86 valence electrons. The van der Waals surface area contributed by atoms with Crippen LogP contribution >= 0.6 is 35.3 Å². The van der Waals surface area contributed by atoms with E-state index in [1.807, 2.05) is 27.0 Å². The summed E-state index contributed by atoms with van der Waals surface area (Å²) in [6.45, 7) is 6.64. The molecule has 0 fully saturated rings. The summed E-state index contributed by atoms with van der Waals surface area (Å²) in [6.07, 6.45) is 1.85. The van der Waals surface area contributed by atoms with E-state index in [2.05, 4.69) is 15.3 Å². The minimum atomic E-state index is 0. The van der Waals surface area contributed by atoms with Crippen molar-refractivity contribution >= 4 is 41.3 Å². The highest BCUT2D eigenvalue weighted by atomic mass is 127. The molecule has 15 heavy (non-hydrogen) atoms. The predicted octanol–water partition coefficient (Wildman–Crippen LogP) is 1.88. The zero-order valence-corrected chi connectivity index (χ0v) is 12.3. The molecule has 1 rings (SSSR count). The standard InChI is InChI=1S/C9H16N4S.HI/c1-6(2)13-9(10)12-5-8-11-4-7(3)14-8;/h4,6H,5H2,1-3H3,(H3,10,12,13);1H. The van der Waals surface area contributed by atoms with Gasteiger partial charge in [0.1, 0.15) is 5.01 Å². The largest absolute Gasteiger partial charge is 0.370 e. The number of aromatic nitrogens is 1. The normalized spacial score (nSPS) is 11.3. The van der Waals surface area contributed by atoms with E-state index in [4.69, 9.17) is 5.73 Å². The molecule has 0 spiro atoms. The summed E-state index contributed by atoms with van der Waals surface area (Å²) in [5, 5.41) is 4.02. The lowest BCUT2D eigenvalue weighted by Crippen LogP contribution is -2.36. The van der Waals surface area contributed by atoms with Crippen molar-refractivity contribution in [3.05, 3.63) is 16.1 Å². The number of hydrogen-bond donors (Lipinski definition) is 2. The molecule has 0 bridgehead atoms. The van der Waals surface area contributed by atoms with E-state index in [9.17, 15) is 0 Å². The zero-order valence-electron chi connectivity index (χ0n) is 9.15. The van der Waals surface area contributed by atoms with Crippen molar-refractivity contribution in [2.45, 2.75) is 33.4 Å². The molecule has 3 N–H and O–H groups in total. The van der Waals surface area contributed by atoms with Gasteiger partial charge >= 0.3 is 0 Å². The number of guanidine groups is 1. The van der Waals surface area contributed by atoms with Crippen LogP contribution in [0.2, 0.25) is 0 Å². The first-order chi connectivity index (χ1) is 6.58. The molecule has 0 aliphatic rings. The van der Waals surface area contributed by atoms with E-state index in [0.717, 1.165) is 5.01 Å². The molecule has 1 aromatic rings. The summed E-state index contributed by atoms with van der Waals surface area (Å²) in [7, 11) is 0. The summed E-state index contributed by atoms with van der Waals surface area (Å²) in [6, 6.07) is 0.316. The Morgan fingerprint density at radius 1 is 1.67 bits per heavy atom. The van der Waals surface area contributed by atoms with E-state index in [0.29, 0.717) is 18.5 Å². The summed E-state index contributed by atoms with van der Waals surface area (Å²) in [5.74, 6) is 0.479. The maximum absolute atomic E-state index is 5.65. The molecule has 0 saturated heterocycles. The number of thiazole rings is 1. The van der Waals surface area contributed by atoms with Crippen molar-refractivity contribution in [3.8, 4) is 0 Å². The second-order valence-electron chi connectivity index (χ2n) is 3.37. The highest BCUT2D eigenvalue weighted by molar-refractivity contribution is 14.0. The lowest BCUT2D eigenvalue weighted by atomic mass is 10.4. The Labute approximate surface area is 111 Å². The van der Waals surface area contributed by atoms with Crippen LogP contribution in [0.3, 0.4) is 0 Å². The maximum atomic E-state index is 5.65. The third-order valence-corrected chi connectivity index (χ3v) is 2.39. The highest BCUT2D eigenvalue weighted by Gasteiger charge is 1.98. The van der Waals surface area contributed by atoms with Crippen LogP contribution < -0.4 is 11.1 Å². The Balaban J connectivity index is 0.00000196. The summed E-state index contributed by atoms with van der Waals surface area (Å²) < 4.78 is 0. The molecule has 0 unspecified atom stereocenters. The zero-order chi connectivity index (χ0) is 10.6. The third-order valence-electron chi connectivity index (χ3n) is 1.49. The number of hydrogen-bond acceptors (Lipinski definition) is 3. The van der Waals surface area contributed by atoms with Crippen molar-refractivity contribution in [1.82, 2.24) is 10.3 Å². The first-order valence-electron chi connectivity index (χ1n) is 4.55. The van der Waals surface area contributed by atoms with Gasteiger partial charge in [0.15, 0.2) is 5.96 Å². The fourth-order valence-electron chi connectivity index (χ4n) is 0.969. The Hall–Kier alpha value is -0.370. The Bertz CT molecular complexity index is 322. The average molecular weight is 340 g/mol. The number of rotatable bonds is 3. The molecule has 6 heteroatoms. The van der Waals surface area contributed by atoms with Crippen molar-refractivity contribution < 1.29 is 0 Å². The van der Waals surface area contributed by atoms with Gasteiger partial charge in [0.05, 0.1) is 6.54 Å². The summed E-state index contributed by atoms with van der Waals surface area (Å²) >= 11 is 1.65. The molecule has 4 nitrogen and oxygen atoms in total. The average Bonchev–Trinajstić information content (AvgIpc) is 2.47. The van der Waals surface area contributed by atoms with Gasteiger partial charge < -0.3 is 11.1 Å². The Morgan fingerprint density at radius 2 is 2.33 bits per heavy atom. The van der Waals surface area contributed by atoms with E-state index in [-0.39, 0.29) is 24.0 Å². The second kappa shape index (κ2) is 7.00. The van der Waals surface area contributed by atoms with Crippen LogP contribution in [0.1, 0.15) is 23.7 Å². The fourth-order valence-corrected chi connectivity index (χ4v) is 1.68. The van der Waals surface area contributed by atoms with Gasteiger partial charge in [-0.05, 0) is 20.8 Å². The number of nitrogens with one attached hydrogen (secondary N) is 1. The maximum Gasteiger partial charge on any atom is 0.189 e. The van der Waals surface area contributed by atoms with Gasteiger partial charge in [0.2, 0.25) is 0 Å². The van der Waals surface area contributed by atoms with E-state index in [1.54, 1.807) is 11.3 Å². The first kappa shape index (κ1) is 14.6. The lowest BCUT2D eigenvalue weighted by molar-refractivity contribution is 0.723. The minimum absolute atomic E-state index is 0. The van der Waals surface area contributed by atoms with E-state index < -0.39 is 0 Å². The van der Waals surface area contributed by atoms with E-state index >= 15 is 0 Å². The topological polar surface area (TPSA) is 63.3 Å². The van der Waals surface area contributed by atoms with Crippen LogP contribution in [-0.4, -0.2) is 17.0 Å². The molecule has 0 amide bonds. The summed E-state index contributed by atoms with van der Waals surface area (Å²) in [5.41, 5.74) is 5.65. The summed E-state index contributed by atoms with van der Waals surface area (Å²) in [4.78, 5) is 9.57. The monoisotopic (exact) mass is 340 g/mol. The van der Waals surface area contributed by atoms with Gasteiger partial charge in [-0.15, -0.1) is 35.3 Å². The Morgan fingerprint density at radius 3 is 2.80 bits per heavy atom. The first-order valence-corrected chi connectivity index (χ1v) is 5.37. The molecule has 1 aromatic heterocycles. The smallest absolute Gasteiger partial charge is 0.189 e. The number of nitrogens with two attached hydrogens (primary N) is 1. The van der Waals surface area contributed by atoms with Gasteiger partial charge in [-0.3, -0.25) is 0 Å². The quantitative estimate of drug-likeness (QED) is 0.502. The number of halogens is 1. The van der Waals surface area contributed by atoms with Crippen LogP contribution in [0.4, 0.5) is 0 Å². The van der Waals surface area contributed by atoms with Crippen LogP contribution in [0.5, 0.6) is 0 Å². The van der Waals surface area contributed by atoms with Crippen molar-refractivity contribution in [2.75, 3.05) is 0 Å². The SMILES string of the molecule is Cc1cnc(CN=C(N)NC(C)C)s1.I. The number of aliphatic imine (C=N–C) groups is 1. The third kappa shape index (κ3) is 5.93. The molecule has 0 saturated carbocycles. The molecular formula is C9H17IN4S. The van der Waals surface area contributed by atoms with Gasteiger partial charge in [0.25, 0.3) is 0 Å². The molecule has 0 radical (unpaired) electrons. The Kier molecular flexibility index (Phi) is 6.82.